The fourth-order valence-corrected chi connectivity index (χ4v) is 5.14. The van der Waals surface area contributed by atoms with Crippen LogP contribution in [0.15, 0.2) is 60.2 Å². The molecule has 0 saturated heterocycles. The van der Waals surface area contributed by atoms with Crippen molar-refractivity contribution in [2.45, 2.75) is 44.6 Å². The second kappa shape index (κ2) is 7.69. The van der Waals surface area contributed by atoms with Crippen LogP contribution < -0.4 is 4.74 Å². The number of allylic oxidation sites excluding steroid dienone is 2. The second-order valence-corrected chi connectivity index (χ2v) is 8.25. The topological polar surface area (TPSA) is 73.1 Å². The van der Waals surface area contributed by atoms with Gasteiger partial charge in [-0.25, -0.2) is 9.67 Å². The summed E-state index contributed by atoms with van der Waals surface area (Å²) in [6, 6.07) is 7.70. The van der Waals surface area contributed by atoms with Crippen LogP contribution in [0.4, 0.5) is 0 Å². The molecular weight excluding hydrogens is 376 g/mol. The third-order valence-corrected chi connectivity index (χ3v) is 6.61. The zero-order valence-electron chi connectivity index (χ0n) is 17.3. The van der Waals surface area contributed by atoms with E-state index in [1.54, 1.807) is 25.6 Å². The maximum absolute atomic E-state index is 10.8. The molecule has 0 fully saturated rings. The highest BCUT2D eigenvalue weighted by Crippen LogP contribution is 2.49. The van der Waals surface area contributed by atoms with Gasteiger partial charge in [0.15, 0.2) is 0 Å². The summed E-state index contributed by atoms with van der Waals surface area (Å²) in [6.45, 7) is 2.28. The number of hydrogen-bond acceptors (Lipinski definition) is 5. The number of ether oxygens (including phenoxy) is 1. The maximum atomic E-state index is 10.8. The molecular formula is C24H26N4O2. The Kier molecular flexibility index (Phi) is 4.87. The van der Waals surface area contributed by atoms with Gasteiger partial charge < -0.3 is 9.84 Å². The Bertz CT molecular complexity index is 1070. The summed E-state index contributed by atoms with van der Waals surface area (Å²) in [7, 11) is 1.60. The van der Waals surface area contributed by atoms with Crippen LogP contribution in [-0.4, -0.2) is 32.0 Å². The molecule has 2 aliphatic rings. The number of aromatic nitrogens is 4. The van der Waals surface area contributed by atoms with E-state index in [0.717, 1.165) is 36.9 Å². The molecule has 1 unspecified atom stereocenters. The van der Waals surface area contributed by atoms with E-state index in [0.29, 0.717) is 17.7 Å². The van der Waals surface area contributed by atoms with E-state index in [1.807, 2.05) is 35.3 Å². The van der Waals surface area contributed by atoms with Gasteiger partial charge in [0.05, 0.1) is 37.0 Å². The van der Waals surface area contributed by atoms with Crippen molar-refractivity contribution in [3.05, 3.63) is 77.0 Å². The van der Waals surface area contributed by atoms with Crippen molar-refractivity contribution in [3.63, 3.8) is 0 Å². The van der Waals surface area contributed by atoms with Gasteiger partial charge in [-0.3, -0.25) is 4.98 Å². The van der Waals surface area contributed by atoms with Crippen LogP contribution in [0.3, 0.4) is 0 Å². The molecule has 5 rings (SSSR count). The molecule has 0 amide bonds. The number of fused-ring (bicyclic) bond motifs is 1. The molecule has 2 aliphatic carbocycles. The van der Waals surface area contributed by atoms with Gasteiger partial charge in [-0.05, 0) is 48.9 Å². The average molecular weight is 402 g/mol. The summed E-state index contributed by atoms with van der Waals surface area (Å²) in [5.41, 5.74) is 7.45. The Morgan fingerprint density at radius 2 is 2.13 bits per heavy atom. The fourth-order valence-electron chi connectivity index (χ4n) is 5.14. The molecule has 0 aromatic carbocycles. The highest BCUT2D eigenvalue weighted by molar-refractivity contribution is 5.47. The van der Waals surface area contributed by atoms with Crippen molar-refractivity contribution in [2.75, 3.05) is 7.11 Å². The lowest BCUT2D eigenvalue weighted by Crippen LogP contribution is -2.17. The van der Waals surface area contributed by atoms with Crippen LogP contribution in [0.5, 0.6) is 5.88 Å². The monoisotopic (exact) mass is 402 g/mol. The quantitative estimate of drug-likeness (QED) is 0.649. The van der Waals surface area contributed by atoms with Crippen molar-refractivity contribution in [1.82, 2.24) is 19.7 Å². The fraction of sp³-hybridized carbons (Fsp3) is 0.375. The molecule has 154 valence electrons. The number of rotatable bonds is 5. The molecule has 0 bridgehead atoms. The summed E-state index contributed by atoms with van der Waals surface area (Å²) in [5, 5.41) is 15.5. The summed E-state index contributed by atoms with van der Waals surface area (Å²) in [5.74, 6) is 1.28. The lowest BCUT2D eigenvalue weighted by molar-refractivity contribution is 0.149. The van der Waals surface area contributed by atoms with E-state index < -0.39 is 6.10 Å². The minimum absolute atomic E-state index is 0.322. The Hall–Kier alpha value is -2.99. The first-order chi connectivity index (χ1) is 14.7. The molecule has 3 heterocycles. The minimum atomic E-state index is -0.521. The number of pyridine rings is 2. The molecule has 0 saturated carbocycles. The van der Waals surface area contributed by atoms with E-state index in [1.165, 1.54) is 22.4 Å². The van der Waals surface area contributed by atoms with Crippen LogP contribution in [0.2, 0.25) is 0 Å². The number of aliphatic hydroxyl groups excluding tert-OH is 1. The maximum Gasteiger partial charge on any atom is 0.212 e. The third-order valence-electron chi connectivity index (χ3n) is 6.61. The largest absolute Gasteiger partial charge is 0.481 e. The normalized spacial score (nSPS) is 21.3. The SMILES string of the molecule is COc1ccc(C(O)C[C@H]2CCC3=C2[C@@H](C)c2cnn(-c4cccnc4)c2C3)cn1. The van der Waals surface area contributed by atoms with E-state index in [-0.39, 0.29) is 0 Å². The van der Waals surface area contributed by atoms with Crippen molar-refractivity contribution >= 4 is 0 Å². The van der Waals surface area contributed by atoms with E-state index in [4.69, 9.17) is 4.74 Å². The molecule has 3 aromatic heterocycles. The first-order valence-corrected chi connectivity index (χ1v) is 10.5. The first kappa shape index (κ1) is 19.0. The van der Waals surface area contributed by atoms with Gasteiger partial charge >= 0.3 is 0 Å². The van der Waals surface area contributed by atoms with Gasteiger partial charge in [-0.2, -0.15) is 5.10 Å². The van der Waals surface area contributed by atoms with Crippen LogP contribution in [0, 0.1) is 5.92 Å². The van der Waals surface area contributed by atoms with Gasteiger partial charge in [-0.15, -0.1) is 0 Å². The first-order valence-electron chi connectivity index (χ1n) is 10.5. The molecule has 0 aliphatic heterocycles. The zero-order valence-corrected chi connectivity index (χ0v) is 17.3. The third kappa shape index (κ3) is 3.21. The Morgan fingerprint density at radius 3 is 2.87 bits per heavy atom. The molecule has 30 heavy (non-hydrogen) atoms. The second-order valence-electron chi connectivity index (χ2n) is 8.25. The van der Waals surface area contributed by atoms with Crippen molar-refractivity contribution in [2.24, 2.45) is 5.92 Å². The zero-order chi connectivity index (χ0) is 20.7. The number of methoxy groups -OCH3 is 1. The number of nitrogens with zero attached hydrogens (tertiary/aromatic N) is 4. The Labute approximate surface area is 176 Å². The average Bonchev–Trinajstić information content (AvgIpc) is 3.39. The van der Waals surface area contributed by atoms with E-state index in [9.17, 15) is 5.11 Å². The van der Waals surface area contributed by atoms with Gasteiger partial charge in [0.25, 0.3) is 0 Å². The van der Waals surface area contributed by atoms with Gasteiger partial charge in [0, 0.05) is 36.4 Å². The van der Waals surface area contributed by atoms with Crippen molar-refractivity contribution in [3.8, 4) is 11.6 Å². The molecule has 0 spiro atoms. The van der Waals surface area contributed by atoms with Crippen LogP contribution in [0.25, 0.3) is 5.69 Å². The Morgan fingerprint density at radius 1 is 1.23 bits per heavy atom. The predicted octanol–water partition coefficient (Wildman–Crippen LogP) is 4.16. The lowest BCUT2D eigenvalue weighted by Gasteiger charge is -2.28. The summed E-state index contributed by atoms with van der Waals surface area (Å²) < 4.78 is 7.16. The predicted molar refractivity (Wildman–Crippen MR) is 114 cm³/mol. The summed E-state index contributed by atoms with van der Waals surface area (Å²) in [4.78, 5) is 8.49. The lowest BCUT2D eigenvalue weighted by atomic mass is 9.78. The van der Waals surface area contributed by atoms with Gasteiger partial charge in [0.1, 0.15) is 0 Å². The highest BCUT2D eigenvalue weighted by atomic mass is 16.5. The summed E-state index contributed by atoms with van der Waals surface area (Å²) in [6.07, 6.45) is 10.7. The molecule has 6 heteroatoms. The van der Waals surface area contributed by atoms with Gasteiger partial charge in [0.2, 0.25) is 5.88 Å². The number of aliphatic hydroxyl groups is 1. The van der Waals surface area contributed by atoms with Gasteiger partial charge in [-0.1, -0.05) is 18.1 Å². The molecule has 3 atom stereocenters. The van der Waals surface area contributed by atoms with E-state index >= 15 is 0 Å². The molecule has 3 aromatic rings. The highest BCUT2D eigenvalue weighted by Gasteiger charge is 2.37. The van der Waals surface area contributed by atoms with Crippen LogP contribution in [-0.2, 0) is 6.42 Å². The van der Waals surface area contributed by atoms with Crippen molar-refractivity contribution in [1.29, 1.82) is 0 Å². The van der Waals surface area contributed by atoms with Crippen LogP contribution >= 0.6 is 0 Å². The smallest absolute Gasteiger partial charge is 0.212 e. The Balaban J connectivity index is 1.38. The summed E-state index contributed by atoms with van der Waals surface area (Å²) >= 11 is 0. The number of hydrogen-bond donors (Lipinski definition) is 1. The van der Waals surface area contributed by atoms with Crippen LogP contribution in [0.1, 0.15) is 55.0 Å². The molecule has 0 radical (unpaired) electrons. The minimum Gasteiger partial charge on any atom is -0.481 e. The van der Waals surface area contributed by atoms with E-state index in [2.05, 4.69) is 22.0 Å². The standard InChI is InChI=1S/C24H26N4O2/c1-15-20-14-27-28(19-4-3-9-25-13-19)21(20)10-16-5-6-17(24(15)16)11-22(29)18-7-8-23(30-2)26-12-18/h3-4,7-9,12-15,17,22,29H,5-6,10-11H2,1-2H3/t15-,17+,22?/m0/s1. The molecule has 6 nitrogen and oxygen atoms in total. The molecule has 1 N–H and O–H groups in total. The van der Waals surface area contributed by atoms with Crippen molar-refractivity contribution < 1.29 is 9.84 Å².